The SMILES string of the molecule is c1ccc2c(c1)CC(c1c(N3CCc4ccccc43)oc3cc(-c4ccn5ccccc45)c(-c4cc5ccccc5[nH]4)c(-c4[nH]cc5ccccc45)c13)=N2. The van der Waals surface area contributed by atoms with Gasteiger partial charge >= 0.3 is 0 Å². The normalized spacial score (nSPS) is 13.8. The number of rotatable bonds is 5. The molecule has 5 aromatic heterocycles. The Balaban J connectivity index is 1.28. The molecule has 10 aromatic rings. The molecule has 0 saturated carbocycles. The van der Waals surface area contributed by atoms with Crippen molar-refractivity contribution in [2.45, 2.75) is 12.8 Å². The molecule has 0 aliphatic carbocycles. The molecular formula is C48H33N5O. The molecular weight excluding hydrogens is 663 g/mol. The summed E-state index contributed by atoms with van der Waals surface area (Å²) in [5.41, 5.74) is 16.5. The number of fused-ring (bicyclic) bond motifs is 6. The Morgan fingerprint density at radius 2 is 1.48 bits per heavy atom. The zero-order chi connectivity index (χ0) is 35.3. The molecule has 0 spiro atoms. The van der Waals surface area contributed by atoms with Gasteiger partial charge in [-0.25, -0.2) is 0 Å². The quantitative estimate of drug-likeness (QED) is 0.188. The maximum absolute atomic E-state index is 7.32. The number of nitrogens with one attached hydrogen (secondary N) is 2. The zero-order valence-electron chi connectivity index (χ0n) is 29.3. The van der Waals surface area contributed by atoms with Gasteiger partial charge in [0.05, 0.1) is 28.2 Å². The number of aromatic amines is 2. The first-order chi connectivity index (χ1) is 26.8. The molecule has 54 heavy (non-hydrogen) atoms. The molecule has 2 aliphatic heterocycles. The standard InChI is InChI=1S/C48H33N5O/c1-5-15-33-32(14-1)28-49-47(33)46-43(38-25-30-12-2-6-16-36(30)50-38)35(34-21-23-52-22-10-9-19-41(34)52)27-42-45(46)44(39-26-31-13-3-7-17-37(31)51-39)48(54-42)53-24-20-29-11-4-8-18-40(29)53/h1-19,21-23,25,27-28,49-50H,20,24,26H2. The molecule has 0 amide bonds. The number of benzene rings is 5. The number of para-hydroxylation sites is 3. The smallest absolute Gasteiger partial charge is 0.210 e. The number of nitrogens with zero attached hydrogens (tertiary/aromatic N) is 3. The van der Waals surface area contributed by atoms with Crippen molar-refractivity contribution in [2.24, 2.45) is 4.99 Å². The molecule has 256 valence electrons. The summed E-state index contributed by atoms with van der Waals surface area (Å²) < 4.78 is 9.51. The lowest BCUT2D eigenvalue weighted by Crippen LogP contribution is -2.16. The molecule has 12 rings (SSSR count). The van der Waals surface area contributed by atoms with Gasteiger partial charge in [0.15, 0.2) is 0 Å². The van der Waals surface area contributed by atoms with Gasteiger partial charge in [-0.1, -0.05) is 84.9 Å². The number of furan rings is 1. The molecule has 0 saturated heterocycles. The number of anilines is 2. The minimum Gasteiger partial charge on any atom is -0.439 e. The summed E-state index contributed by atoms with van der Waals surface area (Å²) in [4.78, 5) is 15.4. The summed E-state index contributed by atoms with van der Waals surface area (Å²) in [6, 6.07) is 47.6. The Hall–Kier alpha value is -7.05. The van der Waals surface area contributed by atoms with Crippen molar-refractivity contribution in [3.8, 4) is 33.6 Å². The predicted molar refractivity (Wildman–Crippen MR) is 221 cm³/mol. The third-order valence-electron chi connectivity index (χ3n) is 11.5. The van der Waals surface area contributed by atoms with Crippen molar-refractivity contribution in [1.82, 2.24) is 14.4 Å². The number of aromatic nitrogens is 3. The second-order valence-electron chi connectivity index (χ2n) is 14.5. The summed E-state index contributed by atoms with van der Waals surface area (Å²) >= 11 is 0. The van der Waals surface area contributed by atoms with Crippen LogP contribution in [0.4, 0.5) is 17.3 Å². The third kappa shape index (κ3) is 4.25. The maximum atomic E-state index is 7.32. The van der Waals surface area contributed by atoms with Gasteiger partial charge in [0.25, 0.3) is 0 Å². The van der Waals surface area contributed by atoms with Crippen molar-refractivity contribution in [2.75, 3.05) is 11.4 Å². The van der Waals surface area contributed by atoms with E-state index in [-0.39, 0.29) is 0 Å². The Labute approximate surface area is 310 Å². The molecule has 6 nitrogen and oxygen atoms in total. The van der Waals surface area contributed by atoms with E-state index in [0.29, 0.717) is 0 Å². The topological polar surface area (TPSA) is 64.7 Å². The van der Waals surface area contributed by atoms with Crippen LogP contribution in [0.3, 0.4) is 0 Å². The second-order valence-corrected chi connectivity index (χ2v) is 14.5. The van der Waals surface area contributed by atoms with E-state index in [1.807, 2.05) is 0 Å². The van der Waals surface area contributed by atoms with Gasteiger partial charge < -0.3 is 23.7 Å². The largest absolute Gasteiger partial charge is 0.439 e. The zero-order valence-corrected chi connectivity index (χ0v) is 29.3. The van der Waals surface area contributed by atoms with Gasteiger partial charge in [-0.15, -0.1) is 0 Å². The molecule has 2 N–H and O–H groups in total. The van der Waals surface area contributed by atoms with Gasteiger partial charge in [0.1, 0.15) is 5.58 Å². The van der Waals surface area contributed by atoms with Crippen LogP contribution in [-0.2, 0) is 12.8 Å². The molecule has 0 atom stereocenters. The highest BCUT2D eigenvalue weighted by Gasteiger charge is 2.35. The van der Waals surface area contributed by atoms with Crippen molar-refractivity contribution in [3.05, 3.63) is 169 Å². The van der Waals surface area contributed by atoms with Crippen LogP contribution in [0.25, 0.3) is 71.8 Å². The Morgan fingerprint density at radius 1 is 0.667 bits per heavy atom. The number of hydrogen-bond acceptors (Lipinski definition) is 3. The van der Waals surface area contributed by atoms with Gasteiger partial charge in [0.2, 0.25) is 5.88 Å². The van der Waals surface area contributed by atoms with E-state index in [9.17, 15) is 0 Å². The highest BCUT2D eigenvalue weighted by molar-refractivity contribution is 6.25. The molecule has 2 aliphatic rings. The van der Waals surface area contributed by atoms with Gasteiger partial charge in [-0.2, -0.15) is 0 Å². The Bertz CT molecular complexity index is 3130. The monoisotopic (exact) mass is 695 g/mol. The van der Waals surface area contributed by atoms with E-state index in [1.54, 1.807) is 0 Å². The van der Waals surface area contributed by atoms with E-state index < -0.39 is 0 Å². The number of pyridine rings is 1. The third-order valence-corrected chi connectivity index (χ3v) is 11.5. The van der Waals surface area contributed by atoms with Crippen LogP contribution >= 0.6 is 0 Å². The van der Waals surface area contributed by atoms with Crippen molar-refractivity contribution in [3.63, 3.8) is 0 Å². The second kappa shape index (κ2) is 11.2. The van der Waals surface area contributed by atoms with E-state index in [4.69, 9.17) is 9.41 Å². The van der Waals surface area contributed by atoms with E-state index in [2.05, 4.69) is 171 Å². The number of H-pyrrole nitrogens is 2. The first kappa shape index (κ1) is 29.5. The van der Waals surface area contributed by atoms with Crippen LogP contribution in [0.1, 0.15) is 16.7 Å². The van der Waals surface area contributed by atoms with Crippen LogP contribution in [-0.4, -0.2) is 26.6 Å². The van der Waals surface area contributed by atoms with Gasteiger partial charge in [-0.05, 0) is 77.0 Å². The Morgan fingerprint density at radius 3 is 2.41 bits per heavy atom. The summed E-state index contributed by atoms with van der Waals surface area (Å²) in [7, 11) is 0. The molecule has 0 bridgehead atoms. The van der Waals surface area contributed by atoms with Gasteiger partial charge in [0, 0.05) is 81.3 Å². The van der Waals surface area contributed by atoms with E-state index in [0.717, 1.165) is 109 Å². The average molecular weight is 696 g/mol. The molecule has 6 heteroatoms. The first-order valence-electron chi connectivity index (χ1n) is 18.6. The Kier molecular flexibility index (Phi) is 6.14. The molecule has 0 radical (unpaired) electrons. The average Bonchev–Trinajstić information content (AvgIpc) is 4.07. The minimum absolute atomic E-state index is 0.728. The first-order valence-corrected chi connectivity index (χ1v) is 18.6. The molecule has 0 fully saturated rings. The van der Waals surface area contributed by atoms with Crippen LogP contribution in [0.15, 0.2) is 161 Å². The van der Waals surface area contributed by atoms with Crippen molar-refractivity contribution in [1.29, 1.82) is 0 Å². The van der Waals surface area contributed by atoms with E-state index >= 15 is 0 Å². The number of hydrogen-bond donors (Lipinski definition) is 2. The van der Waals surface area contributed by atoms with Crippen LogP contribution in [0.2, 0.25) is 0 Å². The number of aliphatic imine (C=N–C) groups is 1. The maximum Gasteiger partial charge on any atom is 0.210 e. The van der Waals surface area contributed by atoms with Crippen molar-refractivity contribution < 1.29 is 4.42 Å². The van der Waals surface area contributed by atoms with Crippen molar-refractivity contribution >= 4 is 61.1 Å². The summed E-state index contributed by atoms with van der Waals surface area (Å²) in [5.74, 6) is 0.847. The lowest BCUT2D eigenvalue weighted by molar-refractivity contribution is 0.609. The molecule has 5 aromatic carbocycles. The lowest BCUT2D eigenvalue weighted by Gasteiger charge is -2.19. The van der Waals surface area contributed by atoms with Crippen LogP contribution in [0, 0.1) is 0 Å². The minimum atomic E-state index is 0.728. The highest BCUT2D eigenvalue weighted by atomic mass is 16.4. The fraction of sp³-hybridized carbons (Fsp3) is 0.0625. The summed E-state index contributed by atoms with van der Waals surface area (Å²) in [6.07, 6.45) is 8.08. The van der Waals surface area contributed by atoms with Crippen LogP contribution < -0.4 is 4.90 Å². The van der Waals surface area contributed by atoms with Gasteiger partial charge in [-0.3, -0.25) is 4.99 Å². The fourth-order valence-electron chi connectivity index (χ4n) is 9.05. The predicted octanol–water partition coefficient (Wildman–Crippen LogP) is 12.0. The molecule has 0 unspecified atom stereocenters. The fourth-order valence-corrected chi connectivity index (χ4v) is 9.05. The summed E-state index contributed by atoms with van der Waals surface area (Å²) in [5, 5.41) is 4.55. The van der Waals surface area contributed by atoms with Crippen LogP contribution in [0.5, 0.6) is 0 Å². The highest BCUT2D eigenvalue weighted by Crippen LogP contribution is 2.52. The lowest BCUT2D eigenvalue weighted by atomic mass is 9.86. The summed E-state index contributed by atoms with van der Waals surface area (Å²) in [6.45, 7) is 0.832. The molecule has 7 heterocycles. The van der Waals surface area contributed by atoms with E-state index in [1.165, 1.54) is 22.2 Å².